The summed E-state index contributed by atoms with van der Waals surface area (Å²) in [5.41, 5.74) is -22.7. The van der Waals surface area contributed by atoms with Crippen molar-refractivity contribution in [1.82, 2.24) is 0 Å². The molecule has 4 aromatic carbocycles. The molecule has 0 atom stereocenters. The molecule has 4 nitrogen and oxygen atoms in total. The molecule has 4 aromatic rings. The van der Waals surface area contributed by atoms with Gasteiger partial charge in [0.15, 0.2) is 5.74 Å². The molecule has 0 aromatic heterocycles. The molecule has 4 rings (SSSR count). The fourth-order valence-corrected chi connectivity index (χ4v) is 9.71. The van der Waals surface area contributed by atoms with Crippen LogP contribution in [0.25, 0.3) is 0 Å². The van der Waals surface area contributed by atoms with E-state index >= 15 is 0 Å². The van der Waals surface area contributed by atoms with E-state index in [0.717, 1.165) is 0 Å². The van der Waals surface area contributed by atoms with Gasteiger partial charge in [-0.05, 0) is 30.3 Å². The van der Waals surface area contributed by atoms with E-state index in [2.05, 4.69) is 38.4 Å². The number of benzene rings is 4. The molecule has 0 saturated carbocycles. The van der Waals surface area contributed by atoms with Gasteiger partial charge >= 0.3 is 45.7 Å². The second kappa shape index (κ2) is 17.0. The number of para-hydroxylation sites is 1. The van der Waals surface area contributed by atoms with Crippen LogP contribution in [0.5, 0.6) is 0 Å². The Morgan fingerprint density at radius 3 is 0.763 bits per heavy atom. The lowest BCUT2D eigenvalue weighted by Gasteiger charge is -2.53. The average molecular weight is 893 g/mol. The maximum atomic E-state index is 14.1. The van der Waals surface area contributed by atoms with Gasteiger partial charge in [-0.3, -0.25) is 0 Å². The highest BCUT2D eigenvalue weighted by atomic mass is 28.4. The molecule has 0 radical (unpaired) electrons. The Morgan fingerprint density at radius 2 is 0.610 bits per heavy atom. The van der Waals surface area contributed by atoms with Gasteiger partial charge in [-0.25, -0.2) is 0 Å². The van der Waals surface area contributed by atoms with Crippen LogP contribution in [0.3, 0.4) is 0 Å². The van der Waals surface area contributed by atoms with Gasteiger partial charge < -0.3 is 18.2 Å². The molecule has 24 heteroatoms. The molecule has 0 amide bonds. The van der Waals surface area contributed by atoms with Crippen molar-refractivity contribution in [2.24, 2.45) is 0 Å². The third-order valence-electron chi connectivity index (χ3n) is 9.07. The molecule has 0 aliphatic carbocycles. The van der Waals surface area contributed by atoms with Crippen molar-refractivity contribution in [2.75, 3.05) is 35.4 Å². The molecule has 326 valence electrons. The first-order chi connectivity index (χ1) is 26.7. The zero-order valence-electron chi connectivity index (χ0n) is 30.7. The number of alkyl halides is 18. The average Bonchev–Trinajstić information content (AvgIpc) is 3.12. The highest BCUT2D eigenvalue weighted by Crippen LogP contribution is 2.41. The Kier molecular flexibility index (Phi) is 14.2. The first kappa shape index (κ1) is 49.1. The van der Waals surface area contributed by atoms with Crippen molar-refractivity contribution >= 4 is 36.5 Å². The summed E-state index contributed by atoms with van der Waals surface area (Å²) >= 11 is 0. The van der Waals surface area contributed by atoms with Crippen LogP contribution < -0.4 is 21.3 Å². The summed E-state index contributed by atoms with van der Waals surface area (Å²) in [5, 5.41) is 0. The van der Waals surface area contributed by atoms with Gasteiger partial charge in [0.25, 0.3) is 0 Å². The number of hydrogen-bond acceptors (Lipinski definition) is 3. The van der Waals surface area contributed by atoms with Crippen LogP contribution in [0.2, 0.25) is 0 Å². The van der Waals surface area contributed by atoms with Crippen LogP contribution in [-0.2, 0) is 50.3 Å². The van der Waals surface area contributed by atoms with Gasteiger partial charge in [0.05, 0.1) is 47.5 Å². The lowest BCUT2D eigenvalue weighted by atomic mass is 9.33. The Hall–Kier alpha value is -4.26. The van der Waals surface area contributed by atoms with Crippen LogP contribution in [0.1, 0.15) is 33.4 Å². The van der Waals surface area contributed by atoms with Crippen LogP contribution in [-0.4, -0.2) is 49.8 Å². The molecule has 0 bridgehead atoms. The number of nitrogens with one attached hydrogen (secondary N) is 1. The maximum Gasteiger partial charge on any atom is 0.416 e. The summed E-state index contributed by atoms with van der Waals surface area (Å²) in [6, 6.07) is 6.95. The van der Waals surface area contributed by atoms with E-state index in [1.54, 1.807) is 0 Å². The van der Waals surface area contributed by atoms with Crippen molar-refractivity contribution in [2.45, 2.75) is 37.1 Å². The van der Waals surface area contributed by atoms with E-state index in [4.69, 9.17) is 13.3 Å². The molecule has 0 spiro atoms. The summed E-state index contributed by atoms with van der Waals surface area (Å²) in [7, 11) is -0.224. The van der Waals surface area contributed by atoms with Crippen molar-refractivity contribution in [3.05, 3.63) is 118 Å². The predicted molar refractivity (Wildman–Crippen MR) is 180 cm³/mol. The summed E-state index contributed by atoms with van der Waals surface area (Å²) in [6.07, 6.45) is -34.9. The minimum atomic E-state index is -5.85. The van der Waals surface area contributed by atoms with Crippen LogP contribution in [0.4, 0.5) is 84.7 Å². The first-order valence-electron chi connectivity index (χ1n) is 16.3. The number of quaternary nitrogens is 1. The van der Waals surface area contributed by atoms with E-state index in [-0.39, 0.29) is 36.4 Å². The molecule has 1 N–H and O–H groups in total. The van der Waals surface area contributed by atoms with Crippen molar-refractivity contribution in [1.29, 1.82) is 0 Å². The lowest BCUT2D eigenvalue weighted by molar-refractivity contribution is -0.786. The minimum Gasteiger partial charge on any atom is -0.401 e. The molecular formula is C35H30BF18NO3Si. The summed E-state index contributed by atoms with van der Waals surface area (Å²) in [6.45, 7) is 0. The lowest BCUT2D eigenvalue weighted by Crippen LogP contribution is -3.00. The molecule has 0 fully saturated rings. The zero-order valence-corrected chi connectivity index (χ0v) is 31.7. The van der Waals surface area contributed by atoms with Gasteiger partial charge in [0, 0.05) is 21.3 Å². The molecule has 0 aliphatic rings. The van der Waals surface area contributed by atoms with Crippen LogP contribution in [0, 0.1) is 0 Å². The zero-order chi connectivity index (χ0) is 45.4. The number of hydrogen-bond donors (Lipinski definition) is 1. The van der Waals surface area contributed by atoms with Crippen LogP contribution in [0.15, 0.2) is 84.9 Å². The SMILES string of the molecule is CO[Si](OC)(OC)[B-](c1cc(C(F)(F)F)cc(C(F)(F)F)c1)(c1cc(C(F)(F)F)cc(C(F)(F)F)c1)c1cc(C(F)(F)F)cc(C(F)(F)F)c1.C[NH+](C)c1ccccc1. The van der Waals surface area contributed by atoms with E-state index < -0.39 is 119 Å². The Balaban J connectivity index is 0.000000909. The fourth-order valence-electron chi connectivity index (χ4n) is 6.43. The highest BCUT2D eigenvalue weighted by molar-refractivity contribution is 7.51. The first-order valence-corrected chi connectivity index (χ1v) is 18.1. The summed E-state index contributed by atoms with van der Waals surface area (Å²) in [4.78, 5) is 1.37. The minimum absolute atomic E-state index is 0.297. The molecule has 59 heavy (non-hydrogen) atoms. The Labute approximate surface area is 324 Å². The highest BCUT2D eigenvalue weighted by Gasteiger charge is 2.58. The molecule has 0 aliphatic heterocycles. The second-order valence-electron chi connectivity index (χ2n) is 13.0. The van der Waals surface area contributed by atoms with Gasteiger partial charge in [-0.15, -0.1) is 0 Å². The monoisotopic (exact) mass is 893 g/mol. The van der Waals surface area contributed by atoms with E-state index in [9.17, 15) is 79.0 Å². The van der Waals surface area contributed by atoms with E-state index in [1.165, 1.54) is 10.6 Å². The van der Waals surface area contributed by atoms with Gasteiger partial charge in [0.2, 0.25) is 0 Å². The van der Waals surface area contributed by atoms with Gasteiger partial charge in [-0.1, -0.05) is 54.6 Å². The summed E-state index contributed by atoms with van der Waals surface area (Å²) in [5.74, 6) is 0. The van der Waals surface area contributed by atoms with Crippen molar-refractivity contribution in [3.63, 3.8) is 0 Å². The van der Waals surface area contributed by atoms with Crippen molar-refractivity contribution < 1.29 is 97.2 Å². The topological polar surface area (TPSA) is 32.1 Å². The van der Waals surface area contributed by atoms with E-state index in [0.29, 0.717) is 21.3 Å². The van der Waals surface area contributed by atoms with Gasteiger partial charge in [0.1, 0.15) is 5.69 Å². The van der Waals surface area contributed by atoms with Gasteiger partial charge in [-0.2, -0.15) is 95.4 Å². The largest absolute Gasteiger partial charge is 0.416 e. The summed E-state index contributed by atoms with van der Waals surface area (Å²) < 4.78 is 270. The number of halogens is 18. The second-order valence-corrected chi connectivity index (χ2v) is 16.3. The predicted octanol–water partition coefficient (Wildman–Crippen LogP) is 8.69. The molecular weight excluding hydrogens is 863 g/mol. The van der Waals surface area contributed by atoms with Crippen LogP contribution >= 0.6 is 0 Å². The molecule has 0 unspecified atom stereocenters. The van der Waals surface area contributed by atoms with E-state index in [1.807, 2.05) is 6.07 Å². The fraction of sp³-hybridized carbons (Fsp3) is 0.314. The smallest absolute Gasteiger partial charge is 0.401 e. The third-order valence-corrected chi connectivity index (χ3v) is 12.8. The quantitative estimate of drug-likeness (QED) is 0.142. The standard InChI is InChI=1S/C27H18BF18O3Si.C8H11N/c1-47-50(48-2,49-3)28(19-7-13(22(29,30)31)4-14(8-19)23(32,33)34,20-9-15(24(35,36)37)5-16(10-20)25(38,39)40)21-11-17(26(41,42)43)6-18(12-21)27(44,45)46;1-9(2)8-6-4-3-5-7-8/h4-12H,1-3H3;3-7H,1-2H3/q-1;/p+1. The molecule has 0 heterocycles. The third kappa shape index (κ3) is 10.7. The Bertz CT molecular complexity index is 1770. The maximum absolute atomic E-state index is 14.1. The molecule has 0 saturated heterocycles. The number of rotatable bonds is 8. The van der Waals surface area contributed by atoms with Crippen molar-refractivity contribution in [3.8, 4) is 0 Å². The Morgan fingerprint density at radius 1 is 0.390 bits per heavy atom. The normalized spacial score (nSPS) is 13.7.